The number of primary amides is 1. The Morgan fingerprint density at radius 3 is 3.11 bits per heavy atom. The van der Waals surface area contributed by atoms with Gasteiger partial charge in [0.05, 0.1) is 0 Å². The lowest BCUT2D eigenvalue weighted by molar-refractivity contribution is 0.259. The predicted octanol–water partition coefficient (Wildman–Crippen LogP) is 0.0287. The van der Waals surface area contributed by atoms with E-state index >= 15 is 0 Å². The number of carbonyl (C=O) groups is 1. The fourth-order valence-corrected chi connectivity index (χ4v) is 0.723. The summed E-state index contributed by atoms with van der Waals surface area (Å²) in [4.78, 5) is 13.8. The van der Waals surface area contributed by atoms with Crippen molar-refractivity contribution >= 4 is 23.5 Å². The van der Waals surface area contributed by atoms with Crippen molar-refractivity contribution in [3.05, 3.63) is 5.51 Å². The molecule has 0 aliphatic heterocycles. The molecule has 0 bridgehead atoms. The van der Waals surface area contributed by atoms with E-state index in [4.69, 9.17) is 5.73 Å². The number of aromatic nitrogens is 2. The van der Waals surface area contributed by atoms with Gasteiger partial charge in [-0.15, -0.1) is 0 Å². The molecule has 0 aliphatic carbocycles. The van der Waals surface area contributed by atoms with Gasteiger partial charge in [0.2, 0.25) is 5.95 Å². The molecule has 6 heteroatoms. The molecule has 5 nitrogen and oxygen atoms in total. The first-order valence-electron chi connectivity index (χ1n) is 2.12. The summed E-state index contributed by atoms with van der Waals surface area (Å²) >= 11 is 1.15. The zero-order valence-corrected chi connectivity index (χ0v) is 5.18. The topological polar surface area (TPSA) is 80.9 Å². The summed E-state index contributed by atoms with van der Waals surface area (Å²) in [5.74, 6) is 0.257. The van der Waals surface area contributed by atoms with Crippen LogP contribution in [-0.2, 0) is 0 Å². The van der Waals surface area contributed by atoms with Crippen LogP contribution in [0, 0.1) is 0 Å². The predicted molar refractivity (Wildman–Crippen MR) is 33.1 cm³/mol. The largest absolute Gasteiger partial charge is 0.351 e. The van der Waals surface area contributed by atoms with Crippen LogP contribution in [0.5, 0.6) is 0 Å². The van der Waals surface area contributed by atoms with Gasteiger partial charge in [-0.2, -0.15) is 4.37 Å². The highest BCUT2D eigenvalue weighted by atomic mass is 32.1. The van der Waals surface area contributed by atoms with Crippen LogP contribution in [0.25, 0.3) is 0 Å². The van der Waals surface area contributed by atoms with Crippen LogP contribution in [0.15, 0.2) is 5.51 Å². The number of nitrogens with two attached hydrogens (primary N) is 1. The van der Waals surface area contributed by atoms with Crippen LogP contribution in [0.3, 0.4) is 0 Å². The van der Waals surface area contributed by atoms with Crippen molar-refractivity contribution in [3.63, 3.8) is 0 Å². The SMILES string of the molecule is NC(=O)Nc1ncsn1. The second kappa shape index (κ2) is 2.40. The number of nitrogens with one attached hydrogen (secondary N) is 1. The van der Waals surface area contributed by atoms with Crippen molar-refractivity contribution in [1.82, 2.24) is 9.36 Å². The maximum absolute atomic E-state index is 10.1. The molecule has 3 N–H and O–H groups in total. The fraction of sp³-hybridized carbons (Fsp3) is 0. The number of urea groups is 1. The van der Waals surface area contributed by atoms with Crippen LogP contribution in [-0.4, -0.2) is 15.4 Å². The summed E-state index contributed by atoms with van der Waals surface area (Å²) in [5, 5.41) is 2.21. The normalized spacial score (nSPS) is 8.89. The Bertz CT molecular complexity index is 196. The number of nitrogens with zero attached hydrogens (tertiary/aromatic N) is 2. The molecule has 1 aromatic rings. The molecule has 0 fully saturated rings. The minimum absolute atomic E-state index is 0.257. The Hall–Kier alpha value is -1.17. The maximum atomic E-state index is 10.1. The maximum Gasteiger partial charge on any atom is 0.319 e. The van der Waals surface area contributed by atoms with Crippen molar-refractivity contribution in [1.29, 1.82) is 0 Å². The first-order valence-corrected chi connectivity index (χ1v) is 2.95. The van der Waals surface area contributed by atoms with E-state index in [1.807, 2.05) is 0 Å². The van der Waals surface area contributed by atoms with E-state index in [2.05, 4.69) is 14.7 Å². The van der Waals surface area contributed by atoms with Crippen LogP contribution in [0.2, 0.25) is 0 Å². The van der Waals surface area contributed by atoms with Crippen molar-refractivity contribution in [2.75, 3.05) is 5.32 Å². The molecule has 48 valence electrons. The minimum atomic E-state index is -0.645. The van der Waals surface area contributed by atoms with E-state index in [0.29, 0.717) is 0 Å². The average molecular weight is 144 g/mol. The molecule has 0 saturated carbocycles. The third kappa shape index (κ3) is 1.65. The van der Waals surface area contributed by atoms with Gasteiger partial charge in [0, 0.05) is 0 Å². The molecule has 1 rings (SSSR count). The molecule has 0 saturated heterocycles. The molecule has 0 aromatic carbocycles. The number of hydrogen-bond donors (Lipinski definition) is 2. The Balaban J connectivity index is 2.58. The monoisotopic (exact) mass is 144 g/mol. The third-order valence-electron chi connectivity index (χ3n) is 0.596. The standard InChI is InChI=1S/C3H4N4OS/c4-2(8)6-3-5-1-9-7-3/h1H,(H3,4,6,7,8). The summed E-state index contributed by atoms with van der Waals surface area (Å²) in [7, 11) is 0. The van der Waals surface area contributed by atoms with Crippen LogP contribution in [0.1, 0.15) is 0 Å². The number of anilines is 1. The van der Waals surface area contributed by atoms with E-state index in [0.717, 1.165) is 11.5 Å². The minimum Gasteiger partial charge on any atom is -0.351 e. The summed E-state index contributed by atoms with van der Waals surface area (Å²) in [5.41, 5.74) is 6.26. The molecule has 0 unspecified atom stereocenters. The molecule has 1 heterocycles. The lowest BCUT2D eigenvalue weighted by Gasteiger charge is -1.89. The molecular formula is C3H4N4OS. The van der Waals surface area contributed by atoms with Crippen molar-refractivity contribution in [2.45, 2.75) is 0 Å². The first kappa shape index (κ1) is 5.96. The number of rotatable bonds is 1. The van der Waals surface area contributed by atoms with Crippen molar-refractivity contribution < 1.29 is 4.79 Å². The number of carbonyl (C=O) groups excluding carboxylic acids is 1. The lowest BCUT2D eigenvalue weighted by Crippen LogP contribution is -2.19. The number of hydrogen-bond acceptors (Lipinski definition) is 4. The first-order chi connectivity index (χ1) is 4.29. The molecule has 0 spiro atoms. The summed E-state index contributed by atoms with van der Waals surface area (Å²) in [6.45, 7) is 0. The van der Waals surface area contributed by atoms with Crippen LogP contribution >= 0.6 is 11.5 Å². The van der Waals surface area contributed by atoms with Gasteiger partial charge in [-0.05, 0) is 11.5 Å². The molecule has 0 aliphatic rings. The van der Waals surface area contributed by atoms with Crippen molar-refractivity contribution in [3.8, 4) is 0 Å². The zero-order chi connectivity index (χ0) is 6.69. The van der Waals surface area contributed by atoms with Gasteiger partial charge in [0.15, 0.2) is 0 Å². The fourth-order valence-electron chi connectivity index (χ4n) is 0.336. The lowest BCUT2D eigenvalue weighted by atomic mass is 10.9. The zero-order valence-electron chi connectivity index (χ0n) is 4.37. The second-order valence-corrected chi connectivity index (χ2v) is 1.85. The summed E-state index contributed by atoms with van der Waals surface area (Å²) in [6, 6.07) is -0.645. The van der Waals surface area contributed by atoms with E-state index < -0.39 is 6.03 Å². The number of amides is 2. The molecule has 9 heavy (non-hydrogen) atoms. The van der Waals surface area contributed by atoms with Gasteiger partial charge in [-0.25, -0.2) is 9.78 Å². The molecule has 2 amide bonds. The highest BCUT2D eigenvalue weighted by Crippen LogP contribution is 1.97. The van der Waals surface area contributed by atoms with Gasteiger partial charge in [-0.3, -0.25) is 5.32 Å². The molecular weight excluding hydrogens is 140 g/mol. The quantitative estimate of drug-likeness (QED) is 0.583. The van der Waals surface area contributed by atoms with Gasteiger partial charge >= 0.3 is 6.03 Å². The smallest absolute Gasteiger partial charge is 0.319 e. The Morgan fingerprint density at radius 1 is 1.89 bits per heavy atom. The van der Waals surface area contributed by atoms with Gasteiger partial charge in [-0.1, -0.05) is 0 Å². The molecule has 1 aromatic heterocycles. The van der Waals surface area contributed by atoms with Crippen LogP contribution < -0.4 is 11.1 Å². The molecule has 0 radical (unpaired) electrons. The van der Waals surface area contributed by atoms with Gasteiger partial charge < -0.3 is 5.73 Å². The average Bonchev–Trinajstić information content (AvgIpc) is 2.15. The highest BCUT2D eigenvalue weighted by molar-refractivity contribution is 7.03. The van der Waals surface area contributed by atoms with E-state index in [-0.39, 0.29) is 5.95 Å². The van der Waals surface area contributed by atoms with Crippen LogP contribution in [0.4, 0.5) is 10.7 Å². The molecule has 0 atom stereocenters. The summed E-state index contributed by atoms with van der Waals surface area (Å²) < 4.78 is 3.68. The third-order valence-corrected chi connectivity index (χ3v) is 1.07. The van der Waals surface area contributed by atoms with E-state index in [1.54, 1.807) is 0 Å². The Morgan fingerprint density at radius 2 is 2.67 bits per heavy atom. The Kier molecular flexibility index (Phi) is 1.59. The van der Waals surface area contributed by atoms with E-state index in [9.17, 15) is 4.79 Å². The van der Waals surface area contributed by atoms with E-state index in [1.165, 1.54) is 5.51 Å². The van der Waals surface area contributed by atoms with Gasteiger partial charge in [0.25, 0.3) is 0 Å². The van der Waals surface area contributed by atoms with Crippen molar-refractivity contribution in [2.24, 2.45) is 5.73 Å². The summed E-state index contributed by atoms with van der Waals surface area (Å²) in [6.07, 6.45) is 0. The Labute approximate surface area is 55.1 Å². The van der Waals surface area contributed by atoms with Gasteiger partial charge in [0.1, 0.15) is 5.51 Å². The highest BCUT2D eigenvalue weighted by Gasteiger charge is 1.96. The second-order valence-electron chi connectivity index (χ2n) is 1.24.